The Morgan fingerprint density at radius 2 is 2.00 bits per heavy atom. The molecule has 0 aliphatic heterocycles. The van der Waals surface area contributed by atoms with Crippen molar-refractivity contribution in [1.29, 1.82) is 0 Å². The van der Waals surface area contributed by atoms with Gasteiger partial charge in [0.15, 0.2) is 6.29 Å². The zero-order valence-electron chi connectivity index (χ0n) is 18.4. The number of nitrogens with one attached hydrogen (secondary N) is 2. The first-order chi connectivity index (χ1) is 14.7. The first-order valence-electron chi connectivity index (χ1n) is 11.1. The number of Topliss-reactive ketones (excluding diaryl/α,β-unsaturated/α-hetero) is 1. The van der Waals surface area contributed by atoms with Crippen molar-refractivity contribution in [1.82, 2.24) is 15.3 Å². The Morgan fingerprint density at radius 1 is 1.17 bits per heavy atom. The summed E-state index contributed by atoms with van der Waals surface area (Å²) in [6, 6.07) is 8.20. The fraction of sp³-hybridized carbons (Fsp3) is 0.480. The molecule has 0 atom stereocenters. The number of ketones is 1. The molecule has 2 N–H and O–H groups in total. The lowest BCUT2D eigenvalue weighted by Gasteiger charge is -2.01. The fourth-order valence-electron chi connectivity index (χ4n) is 3.41. The second-order valence-electron chi connectivity index (χ2n) is 7.65. The molecule has 5 nitrogen and oxygen atoms in total. The van der Waals surface area contributed by atoms with Crippen LogP contribution < -0.4 is 5.32 Å². The van der Waals surface area contributed by atoms with Crippen LogP contribution >= 0.6 is 0 Å². The van der Waals surface area contributed by atoms with E-state index in [1.807, 2.05) is 26.1 Å². The van der Waals surface area contributed by atoms with Gasteiger partial charge in [-0.3, -0.25) is 9.59 Å². The highest BCUT2D eigenvalue weighted by molar-refractivity contribution is 5.78. The van der Waals surface area contributed by atoms with Crippen LogP contribution in [0.1, 0.15) is 80.0 Å². The molecule has 5 heteroatoms. The van der Waals surface area contributed by atoms with Gasteiger partial charge in [0.25, 0.3) is 0 Å². The minimum atomic E-state index is 0.339. The third-order valence-electron chi connectivity index (χ3n) is 5.22. The highest BCUT2D eigenvalue weighted by Gasteiger charge is 2.11. The van der Waals surface area contributed by atoms with E-state index in [0.29, 0.717) is 24.3 Å². The topological polar surface area (TPSA) is 74.8 Å². The summed E-state index contributed by atoms with van der Waals surface area (Å²) in [5.41, 5.74) is 3.51. The first-order valence-corrected chi connectivity index (χ1v) is 11.1. The molecule has 1 heterocycles. The smallest absolute Gasteiger partial charge is 0.170 e. The Morgan fingerprint density at radius 3 is 2.77 bits per heavy atom. The number of hydrogen-bond acceptors (Lipinski definition) is 4. The predicted molar refractivity (Wildman–Crippen MR) is 124 cm³/mol. The number of H-pyrrole nitrogens is 1. The highest BCUT2D eigenvalue weighted by atomic mass is 16.1. The van der Waals surface area contributed by atoms with E-state index >= 15 is 0 Å². The van der Waals surface area contributed by atoms with Crippen LogP contribution in [0.25, 0.3) is 17.5 Å². The number of imidazole rings is 1. The fourth-order valence-corrected chi connectivity index (χ4v) is 3.41. The number of aromatic nitrogens is 2. The summed E-state index contributed by atoms with van der Waals surface area (Å²) in [6.45, 7) is 2.93. The van der Waals surface area contributed by atoms with Gasteiger partial charge < -0.3 is 10.3 Å². The zero-order chi connectivity index (χ0) is 21.6. The Labute approximate surface area is 180 Å². The number of carbonyl (C=O) groups is 2. The molecule has 0 saturated heterocycles. The third kappa shape index (κ3) is 8.07. The SMILES string of the molecule is CCC(=O)CCCCCCc1[nH]c(-c2cccc(/C=C/CCCNC)c2)nc1C=O. The molecule has 2 rings (SSSR count). The van der Waals surface area contributed by atoms with E-state index in [1.54, 1.807) is 0 Å². The minimum Gasteiger partial charge on any atom is -0.341 e. The lowest BCUT2D eigenvalue weighted by atomic mass is 10.1. The molecule has 1 aromatic heterocycles. The number of nitrogens with zero attached hydrogens (tertiary/aromatic N) is 1. The zero-order valence-corrected chi connectivity index (χ0v) is 18.4. The number of allylic oxidation sites excluding steroid dienone is 1. The quantitative estimate of drug-likeness (QED) is 0.306. The van der Waals surface area contributed by atoms with Crippen LogP contribution in [0.2, 0.25) is 0 Å². The van der Waals surface area contributed by atoms with Crippen molar-refractivity contribution in [3.8, 4) is 11.4 Å². The molecule has 0 radical (unpaired) electrons. The Balaban J connectivity index is 1.92. The van der Waals surface area contributed by atoms with Gasteiger partial charge in [-0.2, -0.15) is 0 Å². The van der Waals surface area contributed by atoms with Gasteiger partial charge >= 0.3 is 0 Å². The second kappa shape index (κ2) is 13.6. The van der Waals surface area contributed by atoms with Gasteiger partial charge in [-0.1, -0.05) is 50.1 Å². The van der Waals surface area contributed by atoms with E-state index in [4.69, 9.17) is 0 Å². The van der Waals surface area contributed by atoms with E-state index in [9.17, 15) is 9.59 Å². The van der Waals surface area contributed by atoms with Crippen LogP contribution in [0, 0.1) is 0 Å². The summed E-state index contributed by atoms with van der Waals surface area (Å²) >= 11 is 0. The van der Waals surface area contributed by atoms with Gasteiger partial charge in [-0.05, 0) is 57.3 Å². The Kier molecular flexibility index (Phi) is 10.8. The van der Waals surface area contributed by atoms with E-state index in [1.165, 1.54) is 0 Å². The first kappa shape index (κ1) is 23.7. The molecule has 2 aromatic rings. The van der Waals surface area contributed by atoms with Gasteiger partial charge in [-0.25, -0.2) is 4.98 Å². The maximum Gasteiger partial charge on any atom is 0.170 e. The van der Waals surface area contributed by atoms with Crippen molar-refractivity contribution < 1.29 is 9.59 Å². The second-order valence-corrected chi connectivity index (χ2v) is 7.65. The van der Waals surface area contributed by atoms with Crippen LogP contribution in [0.3, 0.4) is 0 Å². The Hall–Kier alpha value is -2.53. The van der Waals surface area contributed by atoms with Gasteiger partial charge in [0.2, 0.25) is 0 Å². The molecule has 0 amide bonds. The summed E-state index contributed by atoms with van der Waals surface area (Å²) < 4.78 is 0. The molecule has 0 spiro atoms. The van der Waals surface area contributed by atoms with Crippen molar-refractivity contribution in [2.24, 2.45) is 0 Å². The minimum absolute atomic E-state index is 0.339. The number of aromatic amines is 1. The van der Waals surface area contributed by atoms with Crippen molar-refractivity contribution in [2.75, 3.05) is 13.6 Å². The summed E-state index contributed by atoms with van der Waals surface area (Å²) in [6.07, 6.45) is 13.5. The number of unbranched alkanes of at least 4 members (excludes halogenated alkanes) is 4. The van der Waals surface area contributed by atoms with Gasteiger partial charge in [0.1, 0.15) is 17.3 Å². The molecule has 0 aliphatic carbocycles. The van der Waals surface area contributed by atoms with E-state index in [0.717, 1.165) is 80.4 Å². The van der Waals surface area contributed by atoms with Crippen LogP contribution in [-0.2, 0) is 11.2 Å². The molecule has 0 fully saturated rings. The van der Waals surface area contributed by atoms with Crippen molar-refractivity contribution >= 4 is 18.1 Å². The number of hydrogen-bond donors (Lipinski definition) is 2. The molecule has 0 bridgehead atoms. The van der Waals surface area contributed by atoms with E-state index in [2.05, 4.69) is 39.6 Å². The van der Waals surface area contributed by atoms with Gasteiger partial charge in [0.05, 0.1) is 0 Å². The molecule has 0 saturated carbocycles. The van der Waals surface area contributed by atoms with Crippen molar-refractivity contribution in [3.63, 3.8) is 0 Å². The molecule has 0 aliphatic rings. The summed E-state index contributed by atoms with van der Waals surface area (Å²) in [5, 5.41) is 3.15. The maximum atomic E-state index is 11.5. The Bertz CT molecular complexity index is 824. The standard InChI is InChI=1S/C25H35N3O2/c1-3-22(30)15-8-4-5-9-16-23-24(19-29)28-25(27-23)21-14-11-13-20(18-21)12-7-6-10-17-26-2/h7,11-14,18-19,26H,3-6,8-10,15-17H2,1-2H3,(H,27,28)/b12-7+. The van der Waals surface area contributed by atoms with E-state index in [-0.39, 0.29) is 0 Å². The number of aryl methyl sites for hydroxylation is 1. The molecule has 1 aromatic carbocycles. The van der Waals surface area contributed by atoms with Gasteiger partial charge in [-0.15, -0.1) is 0 Å². The molecule has 30 heavy (non-hydrogen) atoms. The molecule has 162 valence electrons. The highest BCUT2D eigenvalue weighted by Crippen LogP contribution is 2.21. The van der Waals surface area contributed by atoms with Crippen LogP contribution in [0.5, 0.6) is 0 Å². The van der Waals surface area contributed by atoms with E-state index < -0.39 is 0 Å². The van der Waals surface area contributed by atoms with Crippen LogP contribution in [0.15, 0.2) is 30.3 Å². The number of carbonyl (C=O) groups excluding carboxylic acids is 2. The molecular formula is C25H35N3O2. The molecular weight excluding hydrogens is 374 g/mol. The molecule has 0 unspecified atom stereocenters. The number of benzene rings is 1. The maximum absolute atomic E-state index is 11.5. The lowest BCUT2D eigenvalue weighted by Crippen LogP contribution is -2.06. The summed E-state index contributed by atoms with van der Waals surface area (Å²) in [5.74, 6) is 1.08. The lowest BCUT2D eigenvalue weighted by molar-refractivity contribution is -0.118. The average Bonchev–Trinajstić information content (AvgIpc) is 3.19. The van der Waals surface area contributed by atoms with Crippen molar-refractivity contribution in [2.45, 2.75) is 64.7 Å². The number of aldehydes is 1. The van der Waals surface area contributed by atoms with Crippen LogP contribution in [-0.4, -0.2) is 35.6 Å². The summed E-state index contributed by atoms with van der Waals surface area (Å²) in [7, 11) is 1.97. The normalized spacial score (nSPS) is 11.3. The van der Waals surface area contributed by atoms with Crippen LogP contribution in [0.4, 0.5) is 0 Å². The van der Waals surface area contributed by atoms with Crippen molar-refractivity contribution in [3.05, 3.63) is 47.3 Å². The summed E-state index contributed by atoms with van der Waals surface area (Å²) in [4.78, 5) is 30.7. The predicted octanol–water partition coefficient (Wildman–Crippen LogP) is 5.37. The monoisotopic (exact) mass is 409 g/mol. The average molecular weight is 410 g/mol. The largest absolute Gasteiger partial charge is 0.341 e. The third-order valence-corrected chi connectivity index (χ3v) is 5.22. The van der Waals surface area contributed by atoms with Gasteiger partial charge in [0, 0.05) is 24.1 Å². The number of rotatable bonds is 15.